The van der Waals surface area contributed by atoms with Crippen LogP contribution >= 0.6 is 28.1 Å². The van der Waals surface area contributed by atoms with Gasteiger partial charge in [0, 0.05) is 15.7 Å². The zero-order valence-electron chi connectivity index (χ0n) is 12.2. The van der Waals surface area contributed by atoms with Gasteiger partial charge in [-0.3, -0.25) is 10.1 Å². The Morgan fingerprint density at radius 3 is 2.74 bits per heavy atom. The minimum Gasteiger partial charge on any atom is -0.454 e. The highest BCUT2D eigenvalue weighted by Crippen LogP contribution is 2.32. The van der Waals surface area contributed by atoms with E-state index in [-0.39, 0.29) is 17.8 Å². The van der Waals surface area contributed by atoms with Crippen LogP contribution < -0.4 is 20.1 Å². The summed E-state index contributed by atoms with van der Waals surface area (Å²) in [6.45, 7) is 2.15. The number of carbonyl (C=O) groups is 1. The van der Waals surface area contributed by atoms with E-state index >= 15 is 0 Å². The van der Waals surface area contributed by atoms with Gasteiger partial charge in [0.25, 0.3) is 5.91 Å². The quantitative estimate of drug-likeness (QED) is 0.764. The highest BCUT2D eigenvalue weighted by atomic mass is 79.9. The number of rotatable bonds is 2. The van der Waals surface area contributed by atoms with E-state index in [1.54, 1.807) is 18.2 Å². The summed E-state index contributed by atoms with van der Waals surface area (Å²) >= 11 is 8.62. The Bertz CT molecular complexity index is 795. The van der Waals surface area contributed by atoms with E-state index in [1.807, 2.05) is 25.1 Å². The number of hydrogen-bond donors (Lipinski definition) is 2. The van der Waals surface area contributed by atoms with Crippen molar-refractivity contribution in [2.75, 3.05) is 12.1 Å². The molecule has 1 heterocycles. The van der Waals surface area contributed by atoms with Crippen molar-refractivity contribution < 1.29 is 14.3 Å². The first kappa shape index (κ1) is 15.8. The predicted molar refractivity (Wildman–Crippen MR) is 95.1 cm³/mol. The summed E-state index contributed by atoms with van der Waals surface area (Å²) in [5.41, 5.74) is 2.33. The van der Waals surface area contributed by atoms with E-state index in [0.717, 1.165) is 15.7 Å². The predicted octanol–water partition coefficient (Wildman–Crippen LogP) is 3.61. The van der Waals surface area contributed by atoms with E-state index in [2.05, 4.69) is 26.6 Å². The van der Waals surface area contributed by atoms with Gasteiger partial charge in [0.05, 0.1) is 0 Å². The summed E-state index contributed by atoms with van der Waals surface area (Å²) in [7, 11) is 0. The largest absolute Gasteiger partial charge is 0.454 e. The number of nitrogens with one attached hydrogen (secondary N) is 2. The topological polar surface area (TPSA) is 59.6 Å². The smallest absolute Gasteiger partial charge is 0.257 e. The number of fused-ring (bicyclic) bond motifs is 1. The molecule has 118 valence electrons. The van der Waals surface area contributed by atoms with Crippen molar-refractivity contribution in [1.82, 2.24) is 5.32 Å². The molecule has 1 aliphatic heterocycles. The van der Waals surface area contributed by atoms with Crippen LogP contribution in [0.1, 0.15) is 15.9 Å². The first-order chi connectivity index (χ1) is 11.0. The molecule has 0 aliphatic carbocycles. The van der Waals surface area contributed by atoms with Crippen LogP contribution in [0.4, 0.5) is 5.69 Å². The molecule has 2 aromatic rings. The summed E-state index contributed by atoms with van der Waals surface area (Å²) in [6.07, 6.45) is 0. The van der Waals surface area contributed by atoms with Gasteiger partial charge in [0.15, 0.2) is 16.6 Å². The number of hydrogen-bond acceptors (Lipinski definition) is 4. The SMILES string of the molecule is Cc1cc(NC(=S)NC(=O)c2ccc3c(c2)OCO3)ccc1Br. The maximum atomic E-state index is 12.2. The van der Waals surface area contributed by atoms with Gasteiger partial charge in [0.2, 0.25) is 6.79 Å². The molecule has 23 heavy (non-hydrogen) atoms. The van der Waals surface area contributed by atoms with Crippen molar-refractivity contribution in [2.45, 2.75) is 6.92 Å². The molecule has 0 atom stereocenters. The number of ether oxygens (including phenoxy) is 2. The molecule has 0 radical (unpaired) electrons. The van der Waals surface area contributed by atoms with Gasteiger partial charge in [-0.2, -0.15) is 0 Å². The second-order valence-corrected chi connectivity index (χ2v) is 6.20. The first-order valence-corrected chi connectivity index (χ1v) is 8.01. The van der Waals surface area contributed by atoms with Gasteiger partial charge in [-0.05, 0) is 61.1 Å². The highest BCUT2D eigenvalue weighted by Gasteiger charge is 2.16. The third kappa shape index (κ3) is 3.62. The van der Waals surface area contributed by atoms with E-state index in [9.17, 15) is 4.79 Å². The maximum Gasteiger partial charge on any atom is 0.257 e. The Hall–Kier alpha value is -2.12. The standard InChI is InChI=1S/C16H13BrN2O3S/c1-9-6-11(3-4-12(9)17)18-16(23)19-15(20)10-2-5-13-14(7-10)22-8-21-13/h2-7H,8H2,1H3,(H2,18,19,20,23). The van der Waals surface area contributed by atoms with Crippen LogP contribution in [0.25, 0.3) is 0 Å². The summed E-state index contributed by atoms with van der Waals surface area (Å²) in [5, 5.41) is 5.86. The van der Waals surface area contributed by atoms with E-state index in [1.165, 1.54) is 0 Å². The lowest BCUT2D eigenvalue weighted by Gasteiger charge is -2.11. The number of aryl methyl sites for hydroxylation is 1. The normalized spacial score (nSPS) is 11.9. The molecule has 3 rings (SSSR count). The van der Waals surface area contributed by atoms with Gasteiger partial charge >= 0.3 is 0 Å². The number of thiocarbonyl (C=S) groups is 1. The Labute approximate surface area is 147 Å². The molecule has 2 aromatic carbocycles. The summed E-state index contributed by atoms with van der Waals surface area (Å²) in [5.74, 6) is 0.877. The molecule has 0 saturated carbocycles. The molecular weight excluding hydrogens is 380 g/mol. The molecule has 0 unspecified atom stereocenters. The fourth-order valence-corrected chi connectivity index (χ4v) is 2.56. The van der Waals surface area contributed by atoms with Crippen LogP contribution in [0, 0.1) is 6.92 Å². The van der Waals surface area contributed by atoms with E-state index < -0.39 is 0 Å². The highest BCUT2D eigenvalue weighted by molar-refractivity contribution is 9.10. The number of halogens is 1. The van der Waals surface area contributed by atoms with E-state index in [0.29, 0.717) is 17.1 Å². The second kappa shape index (κ2) is 6.55. The number of benzene rings is 2. The van der Waals surface area contributed by atoms with Gasteiger partial charge in [-0.15, -0.1) is 0 Å². The molecular formula is C16H13BrN2O3S. The first-order valence-electron chi connectivity index (χ1n) is 6.81. The molecule has 0 aromatic heterocycles. The lowest BCUT2D eigenvalue weighted by atomic mass is 10.2. The minimum atomic E-state index is -0.311. The molecule has 1 amide bonds. The zero-order valence-corrected chi connectivity index (χ0v) is 14.6. The third-order valence-corrected chi connectivity index (χ3v) is 4.37. The maximum absolute atomic E-state index is 12.2. The Morgan fingerprint density at radius 1 is 1.17 bits per heavy atom. The van der Waals surface area contributed by atoms with Crippen molar-refractivity contribution >= 4 is 44.9 Å². The number of anilines is 1. The van der Waals surface area contributed by atoms with Gasteiger partial charge in [0.1, 0.15) is 0 Å². The average molecular weight is 393 g/mol. The lowest BCUT2D eigenvalue weighted by molar-refractivity contribution is 0.0977. The van der Waals surface area contributed by atoms with Gasteiger partial charge in [-0.25, -0.2) is 0 Å². The number of carbonyl (C=O) groups excluding carboxylic acids is 1. The Kier molecular flexibility index (Phi) is 4.49. The van der Waals surface area contributed by atoms with Gasteiger partial charge < -0.3 is 14.8 Å². The van der Waals surface area contributed by atoms with Crippen molar-refractivity contribution in [2.24, 2.45) is 0 Å². The summed E-state index contributed by atoms with van der Waals surface area (Å²) in [6, 6.07) is 10.7. The average Bonchev–Trinajstić information content (AvgIpc) is 2.98. The third-order valence-electron chi connectivity index (χ3n) is 3.28. The Morgan fingerprint density at radius 2 is 1.96 bits per heavy atom. The van der Waals surface area contributed by atoms with Crippen molar-refractivity contribution in [3.8, 4) is 11.5 Å². The van der Waals surface area contributed by atoms with Crippen LogP contribution in [0.2, 0.25) is 0 Å². The molecule has 0 bridgehead atoms. The molecule has 1 aliphatic rings. The Balaban J connectivity index is 1.65. The molecule has 7 heteroatoms. The monoisotopic (exact) mass is 392 g/mol. The molecule has 0 fully saturated rings. The second-order valence-electron chi connectivity index (χ2n) is 4.94. The van der Waals surface area contributed by atoms with Crippen LogP contribution in [-0.4, -0.2) is 17.8 Å². The van der Waals surface area contributed by atoms with Crippen LogP contribution in [-0.2, 0) is 0 Å². The molecule has 2 N–H and O–H groups in total. The van der Waals surface area contributed by atoms with E-state index in [4.69, 9.17) is 21.7 Å². The molecule has 5 nitrogen and oxygen atoms in total. The minimum absolute atomic E-state index is 0.170. The van der Waals surface area contributed by atoms with Gasteiger partial charge in [-0.1, -0.05) is 15.9 Å². The molecule has 0 saturated heterocycles. The zero-order chi connectivity index (χ0) is 16.4. The van der Waals surface area contributed by atoms with Crippen molar-refractivity contribution in [1.29, 1.82) is 0 Å². The van der Waals surface area contributed by atoms with Crippen molar-refractivity contribution in [3.05, 3.63) is 52.0 Å². The van der Waals surface area contributed by atoms with Crippen molar-refractivity contribution in [3.63, 3.8) is 0 Å². The number of amides is 1. The van der Waals surface area contributed by atoms with Crippen LogP contribution in [0.5, 0.6) is 11.5 Å². The fourth-order valence-electron chi connectivity index (χ4n) is 2.10. The summed E-state index contributed by atoms with van der Waals surface area (Å²) < 4.78 is 11.5. The lowest BCUT2D eigenvalue weighted by Crippen LogP contribution is -2.34. The fraction of sp³-hybridized carbons (Fsp3) is 0.125. The van der Waals surface area contributed by atoms with Crippen LogP contribution in [0.15, 0.2) is 40.9 Å². The van der Waals surface area contributed by atoms with Crippen LogP contribution in [0.3, 0.4) is 0 Å². The molecule has 0 spiro atoms. The summed E-state index contributed by atoms with van der Waals surface area (Å²) in [4.78, 5) is 12.2.